The molecule has 0 aromatic carbocycles. The highest BCUT2D eigenvalue weighted by Crippen LogP contribution is 2.13. The van der Waals surface area contributed by atoms with Gasteiger partial charge < -0.3 is 15.1 Å². The monoisotopic (exact) mass is 267 g/mol. The summed E-state index contributed by atoms with van der Waals surface area (Å²) in [6, 6.07) is 0.486. The molecule has 2 fully saturated rings. The summed E-state index contributed by atoms with van der Waals surface area (Å²) < 4.78 is 0. The molecule has 2 unspecified atom stereocenters. The molecule has 2 rings (SSSR count). The topological polar surface area (TPSA) is 35.6 Å². The first-order chi connectivity index (χ1) is 9.16. The summed E-state index contributed by atoms with van der Waals surface area (Å²) in [4.78, 5) is 16.8. The molecule has 4 heteroatoms. The van der Waals surface area contributed by atoms with Crippen LogP contribution in [0.3, 0.4) is 0 Å². The fourth-order valence-corrected chi connectivity index (χ4v) is 3.22. The zero-order chi connectivity index (χ0) is 13.7. The smallest absolute Gasteiger partial charge is 0.239 e. The van der Waals surface area contributed by atoms with Gasteiger partial charge in [-0.15, -0.1) is 0 Å². The Morgan fingerprint density at radius 1 is 1.05 bits per heavy atom. The number of carbonyl (C=O) groups excluding carboxylic acids is 1. The van der Waals surface area contributed by atoms with E-state index in [0.29, 0.717) is 11.9 Å². The van der Waals surface area contributed by atoms with Gasteiger partial charge >= 0.3 is 0 Å². The van der Waals surface area contributed by atoms with E-state index in [1.54, 1.807) is 0 Å². The first-order valence-corrected chi connectivity index (χ1v) is 7.90. The second-order valence-corrected chi connectivity index (χ2v) is 6.21. The van der Waals surface area contributed by atoms with E-state index in [0.717, 1.165) is 26.1 Å². The van der Waals surface area contributed by atoms with Crippen LogP contribution < -0.4 is 5.32 Å². The van der Waals surface area contributed by atoms with E-state index < -0.39 is 0 Å². The zero-order valence-electron chi connectivity index (χ0n) is 12.5. The van der Waals surface area contributed by atoms with E-state index in [1.807, 2.05) is 11.8 Å². The number of nitrogens with one attached hydrogen (secondary N) is 1. The third kappa shape index (κ3) is 4.46. The summed E-state index contributed by atoms with van der Waals surface area (Å²) >= 11 is 0. The summed E-state index contributed by atoms with van der Waals surface area (Å²) in [5.74, 6) is 0.303. The number of nitrogens with zero attached hydrogens (tertiary/aromatic N) is 2. The molecule has 110 valence electrons. The number of carbonyl (C=O) groups is 1. The van der Waals surface area contributed by atoms with Crippen molar-refractivity contribution in [3.8, 4) is 0 Å². The lowest BCUT2D eigenvalue weighted by molar-refractivity contribution is -0.134. The highest BCUT2D eigenvalue weighted by Gasteiger charge is 2.24. The van der Waals surface area contributed by atoms with Gasteiger partial charge in [-0.3, -0.25) is 4.79 Å². The maximum Gasteiger partial charge on any atom is 0.239 e. The van der Waals surface area contributed by atoms with Crippen LogP contribution in [-0.2, 0) is 4.79 Å². The van der Waals surface area contributed by atoms with Gasteiger partial charge in [0, 0.05) is 19.1 Å². The lowest BCUT2D eigenvalue weighted by atomic mass is 10.1. The maximum atomic E-state index is 12.4. The Morgan fingerprint density at radius 3 is 2.53 bits per heavy atom. The summed E-state index contributed by atoms with van der Waals surface area (Å²) in [6.07, 6.45) is 7.22. The van der Waals surface area contributed by atoms with Crippen molar-refractivity contribution in [3.05, 3.63) is 0 Å². The predicted octanol–water partition coefficient (Wildman–Crippen LogP) is 1.46. The van der Waals surface area contributed by atoms with Crippen LogP contribution in [0, 0.1) is 0 Å². The number of amides is 1. The fraction of sp³-hybridized carbons (Fsp3) is 0.933. The molecule has 4 nitrogen and oxygen atoms in total. The Morgan fingerprint density at radius 2 is 1.79 bits per heavy atom. The normalized spacial score (nSPS) is 27.9. The van der Waals surface area contributed by atoms with Gasteiger partial charge in [0.05, 0.1) is 6.04 Å². The van der Waals surface area contributed by atoms with Crippen LogP contribution in [0.4, 0.5) is 0 Å². The van der Waals surface area contributed by atoms with Crippen molar-refractivity contribution in [3.63, 3.8) is 0 Å². The van der Waals surface area contributed by atoms with E-state index in [2.05, 4.69) is 17.3 Å². The van der Waals surface area contributed by atoms with Gasteiger partial charge in [0.15, 0.2) is 0 Å². The SMILES string of the molecule is CC(NC1CCCN(C)CC1)C(=O)N1CCCCC1. The molecule has 2 heterocycles. The van der Waals surface area contributed by atoms with Gasteiger partial charge in [-0.25, -0.2) is 0 Å². The quantitative estimate of drug-likeness (QED) is 0.841. The van der Waals surface area contributed by atoms with Crippen LogP contribution in [0.15, 0.2) is 0 Å². The molecule has 2 atom stereocenters. The molecule has 1 N–H and O–H groups in total. The van der Waals surface area contributed by atoms with Crippen LogP contribution >= 0.6 is 0 Å². The molecule has 0 aliphatic carbocycles. The largest absolute Gasteiger partial charge is 0.341 e. The Kier molecular flexibility index (Phi) is 5.64. The van der Waals surface area contributed by atoms with Gasteiger partial charge in [-0.2, -0.15) is 0 Å². The van der Waals surface area contributed by atoms with Crippen molar-refractivity contribution in [2.75, 3.05) is 33.2 Å². The Hall–Kier alpha value is -0.610. The zero-order valence-corrected chi connectivity index (χ0v) is 12.5. The second-order valence-electron chi connectivity index (χ2n) is 6.21. The maximum absolute atomic E-state index is 12.4. The van der Waals surface area contributed by atoms with E-state index in [4.69, 9.17) is 0 Å². The van der Waals surface area contributed by atoms with Crippen LogP contribution in [0.1, 0.15) is 45.4 Å². The number of hydrogen-bond acceptors (Lipinski definition) is 3. The average Bonchev–Trinajstić information content (AvgIpc) is 2.64. The Bertz CT molecular complexity index is 289. The van der Waals surface area contributed by atoms with E-state index in [1.165, 1.54) is 38.6 Å². The summed E-state index contributed by atoms with van der Waals surface area (Å²) in [5.41, 5.74) is 0. The van der Waals surface area contributed by atoms with Crippen LogP contribution in [0.2, 0.25) is 0 Å². The van der Waals surface area contributed by atoms with E-state index in [-0.39, 0.29) is 6.04 Å². The second kappa shape index (κ2) is 7.25. The van der Waals surface area contributed by atoms with Gasteiger partial charge in [-0.05, 0) is 65.6 Å². The highest BCUT2D eigenvalue weighted by atomic mass is 16.2. The molecule has 2 saturated heterocycles. The fourth-order valence-electron chi connectivity index (χ4n) is 3.22. The number of rotatable bonds is 3. The molecular formula is C15H29N3O. The van der Waals surface area contributed by atoms with Crippen LogP contribution in [0.25, 0.3) is 0 Å². The first-order valence-electron chi connectivity index (χ1n) is 7.90. The molecule has 19 heavy (non-hydrogen) atoms. The standard InChI is InChI=1S/C15H29N3O/c1-13(15(19)18-10-4-3-5-11-18)16-14-7-6-9-17(2)12-8-14/h13-14,16H,3-12H2,1-2H3. The summed E-state index contributed by atoms with van der Waals surface area (Å²) in [6.45, 7) is 6.27. The lowest BCUT2D eigenvalue weighted by Gasteiger charge is -2.31. The molecule has 2 aliphatic rings. The Labute approximate surface area is 117 Å². The van der Waals surface area contributed by atoms with Crippen LogP contribution in [-0.4, -0.2) is 61.0 Å². The van der Waals surface area contributed by atoms with Crippen molar-refractivity contribution >= 4 is 5.91 Å². The predicted molar refractivity (Wildman–Crippen MR) is 78.2 cm³/mol. The average molecular weight is 267 g/mol. The van der Waals surface area contributed by atoms with Gasteiger partial charge in [-0.1, -0.05) is 0 Å². The van der Waals surface area contributed by atoms with E-state index >= 15 is 0 Å². The molecule has 0 spiro atoms. The minimum atomic E-state index is -0.0218. The van der Waals surface area contributed by atoms with Crippen molar-refractivity contribution in [2.24, 2.45) is 0 Å². The minimum Gasteiger partial charge on any atom is -0.341 e. The third-order valence-corrected chi connectivity index (χ3v) is 4.48. The molecule has 2 aliphatic heterocycles. The van der Waals surface area contributed by atoms with Crippen molar-refractivity contribution in [2.45, 2.75) is 57.5 Å². The van der Waals surface area contributed by atoms with Crippen LogP contribution in [0.5, 0.6) is 0 Å². The minimum absolute atomic E-state index is 0.0218. The van der Waals surface area contributed by atoms with E-state index in [9.17, 15) is 4.79 Å². The third-order valence-electron chi connectivity index (χ3n) is 4.48. The van der Waals surface area contributed by atoms with Crippen molar-refractivity contribution in [1.82, 2.24) is 15.1 Å². The van der Waals surface area contributed by atoms with Gasteiger partial charge in [0.1, 0.15) is 0 Å². The van der Waals surface area contributed by atoms with Crippen molar-refractivity contribution < 1.29 is 4.79 Å². The molecular weight excluding hydrogens is 238 g/mol. The molecule has 0 bridgehead atoms. The molecule has 1 amide bonds. The van der Waals surface area contributed by atoms with Crippen molar-refractivity contribution in [1.29, 1.82) is 0 Å². The molecule has 0 radical (unpaired) electrons. The number of piperidine rings is 1. The molecule has 0 aromatic rings. The highest BCUT2D eigenvalue weighted by molar-refractivity contribution is 5.81. The molecule has 0 aromatic heterocycles. The Balaban J connectivity index is 1.78. The first kappa shape index (κ1) is 14.8. The molecule has 0 saturated carbocycles. The number of hydrogen-bond donors (Lipinski definition) is 1. The lowest BCUT2D eigenvalue weighted by Crippen LogP contribution is -2.49. The number of likely N-dealkylation sites (tertiary alicyclic amines) is 2. The summed E-state index contributed by atoms with van der Waals surface area (Å²) in [5, 5.41) is 3.56. The van der Waals surface area contributed by atoms with Gasteiger partial charge in [0.25, 0.3) is 0 Å². The van der Waals surface area contributed by atoms with Gasteiger partial charge in [0.2, 0.25) is 5.91 Å². The summed E-state index contributed by atoms with van der Waals surface area (Å²) in [7, 11) is 2.19.